The number of para-hydroxylation sites is 1. The van der Waals surface area contributed by atoms with Gasteiger partial charge >= 0.3 is 0 Å². The maximum Gasteiger partial charge on any atom is 0.236 e. The Morgan fingerprint density at radius 1 is 1.18 bits per heavy atom. The minimum atomic E-state index is -0.497. The summed E-state index contributed by atoms with van der Waals surface area (Å²) in [4.78, 5) is 20.8. The van der Waals surface area contributed by atoms with Crippen LogP contribution < -0.4 is 10.1 Å². The molecule has 8 nitrogen and oxygen atoms in total. The van der Waals surface area contributed by atoms with E-state index in [1.807, 2.05) is 30.4 Å². The third-order valence-corrected chi connectivity index (χ3v) is 8.61. The normalized spacial score (nSPS) is 30.4. The van der Waals surface area contributed by atoms with Crippen LogP contribution in [-0.2, 0) is 19.0 Å². The number of ether oxygens (including phenoxy) is 4. The Morgan fingerprint density at radius 3 is 2.79 bits per heavy atom. The molecule has 1 saturated carbocycles. The van der Waals surface area contributed by atoms with E-state index < -0.39 is 5.41 Å². The van der Waals surface area contributed by atoms with E-state index in [4.69, 9.17) is 23.9 Å². The summed E-state index contributed by atoms with van der Waals surface area (Å²) >= 11 is 0. The molecular weight excluding hydrogens is 482 g/mol. The summed E-state index contributed by atoms with van der Waals surface area (Å²) in [6, 6.07) is 8.73. The predicted molar refractivity (Wildman–Crippen MR) is 144 cm³/mol. The Morgan fingerprint density at radius 2 is 2.03 bits per heavy atom. The zero-order valence-electron chi connectivity index (χ0n) is 22.2. The van der Waals surface area contributed by atoms with Crippen LogP contribution in [0.4, 0.5) is 0 Å². The molecule has 3 fully saturated rings. The number of likely N-dealkylation sites (tertiary alicyclic amines) is 1. The fourth-order valence-corrected chi connectivity index (χ4v) is 6.43. The third-order valence-electron chi connectivity index (χ3n) is 8.61. The van der Waals surface area contributed by atoms with Crippen LogP contribution in [-0.4, -0.2) is 75.6 Å². The van der Waals surface area contributed by atoms with Crippen molar-refractivity contribution in [2.24, 2.45) is 16.3 Å². The predicted octanol–water partition coefficient (Wildman–Crippen LogP) is 3.57. The van der Waals surface area contributed by atoms with Crippen LogP contribution >= 0.6 is 0 Å². The quantitative estimate of drug-likeness (QED) is 0.566. The second kappa shape index (κ2) is 10.8. The van der Waals surface area contributed by atoms with E-state index in [-0.39, 0.29) is 30.1 Å². The lowest BCUT2D eigenvalue weighted by Crippen LogP contribution is -2.42. The number of aliphatic imine (C=N–C) groups is 1. The average Bonchev–Trinajstić information content (AvgIpc) is 3.42. The molecule has 1 amide bonds. The lowest BCUT2D eigenvalue weighted by molar-refractivity contribution is -0.123. The molecule has 3 aliphatic heterocycles. The minimum Gasteiger partial charge on any atom is -0.496 e. The summed E-state index contributed by atoms with van der Waals surface area (Å²) in [5, 5.41) is 3.12. The molecule has 5 unspecified atom stereocenters. The van der Waals surface area contributed by atoms with Gasteiger partial charge in [0.15, 0.2) is 0 Å². The standard InChI is InChI=1S/C30H37N3O5/c1-35-18-22-6-5-15-33(22)28(23-7-3-4-8-24(23)36-2)20-9-12-27(31-17-20)32-29(34)30(13-14-30)21-10-11-25-26(16-21)38-19-37-25/h3-4,7-12,16,20,22,25-26,28H,5-6,13-15,17-19H2,1-2H3,(H,31,32,34). The number of methoxy groups -OCH3 is 2. The summed E-state index contributed by atoms with van der Waals surface area (Å²) in [5.41, 5.74) is 1.69. The number of benzene rings is 1. The van der Waals surface area contributed by atoms with E-state index in [0.29, 0.717) is 31.8 Å². The second-order valence-electron chi connectivity index (χ2n) is 10.8. The third kappa shape index (κ3) is 4.75. The molecule has 5 atom stereocenters. The van der Waals surface area contributed by atoms with Crippen molar-refractivity contribution in [3.05, 3.63) is 65.8 Å². The lowest BCUT2D eigenvalue weighted by atomic mass is 9.88. The smallest absolute Gasteiger partial charge is 0.236 e. The number of hydrogen-bond donors (Lipinski definition) is 1. The molecule has 6 rings (SSSR count). The Kier molecular flexibility index (Phi) is 7.22. The van der Waals surface area contributed by atoms with Crippen LogP contribution in [0.15, 0.2) is 65.2 Å². The minimum absolute atomic E-state index is 0.00796. The highest BCUT2D eigenvalue weighted by molar-refractivity contribution is 6.08. The molecule has 0 radical (unpaired) electrons. The van der Waals surface area contributed by atoms with Gasteiger partial charge in [0.1, 0.15) is 30.6 Å². The van der Waals surface area contributed by atoms with Crippen LogP contribution in [0.3, 0.4) is 0 Å². The molecule has 8 heteroatoms. The van der Waals surface area contributed by atoms with Crippen molar-refractivity contribution in [3.8, 4) is 5.75 Å². The number of dihydropyridines is 1. The van der Waals surface area contributed by atoms with Crippen LogP contribution in [0.25, 0.3) is 0 Å². The van der Waals surface area contributed by atoms with Crippen molar-refractivity contribution in [2.45, 2.75) is 50.0 Å². The van der Waals surface area contributed by atoms with Crippen molar-refractivity contribution in [1.29, 1.82) is 0 Å². The first-order valence-electron chi connectivity index (χ1n) is 13.7. The van der Waals surface area contributed by atoms with Gasteiger partial charge in [-0.05, 0) is 56.0 Å². The van der Waals surface area contributed by atoms with E-state index in [9.17, 15) is 4.79 Å². The first-order valence-corrected chi connectivity index (χ1v) is 13.7. The number of fused-ring (bicyclic) bond motifs is 1. The number of hydrogen-bond acceptors (Lipinski definition) is 7. The molecule has 0 aromatic heterocycles. The van der Waals surface area contributed by atoms with E-state index in [2.05, 4.69) is 34.5 Å². The van der Waals surface area contributed by atoms with Crippen LogP contribution in [0.1, 0.15) is 37.3 Å². The van der Waals surface area contributed by atoms with Crippen molar-refractivity contribution in [2.75, 3.05) is 40.7 Å². The molecule has 3 heterocycles. The first-order chi connectivity index (χ1) is 18.6. The first kappa shape index (κ1) is 25.5. The summed E-state index contributed by atoms with van der Waals surface area (Å²) in [7, 11) is 3.50. The van der Waals surface area contributed by atoms with Gasteiger partial charge in [0, 0.05) is 37.2 Å². The summed E-state index contributed by atoms with van der Waals surface area (Å²) < 4.78 is 22.5. The van der Waals surface area contributed by atoms with Gasteiger partial charge in [0.2, 0.25) is 5.91 Å². The molecular formula is C30H37N3O5. The average molecular weight is 520 g/mol. The largest absolute Gasteiger partial charge is 0.496 e. The topological polar surface area (TPSA) is 81.6 Å². The number of amidine groups is 1. The van der Waals surface area contributed by atoms with Crippen LogP contribution in [0.5, 0.6) is 5.75 Å². The van der Waals surface area contributed by atoms with Gasteiger partial charge < -0.3 is 24.3 Å². The number of allylic oxidation sites excluding steroid dienone is 1. The van der Waals surface area contributed by atoms with E-state index in [1.165, 1.54) is 5.56 Å². The Labute approximate surface area is 224 Å². The molecule has 1 aromatic rings. The van der Waals surface area contributed by atoms with Crippen LogP contribution in [0.2, 0.25) is 0 Å². The van der Waals surface area contributed by atoms with Gasteiger partial charge in [-0.2, -0.15) is 0 Å². The molecule has 2 saturated heterocycles. The number of nitrogens with zero attached hydrogens (tertiary/aromatic N) is 2. The fraction of sp³-hybridized carbons (Fsp3) is 0.533. The van der Waals surface area contributed by atoms with Gasteiger partial charge in [-0.3, -0.25) is 14.7 Å². The zero-order valence-corrected chi connectivity index (χ0v) is 22.2. The lowest BCUT2D eigenvalue weighted by Gasteiger charge is -2.38. The summed E-state index contributed by atoms with van der Waals surface area (Å²) in [6.07, 6.45) is 14.1. The molecule has 1 aromatic carbocycles. The Hall–Kier alpha value is -2.78. The Balaban J connectivity index is 1.18. The van der Waals surface area contributed by atoms with Gasteiger partial charge in [-0.1, -0.05) is 36.4 Å². The van der Waals surface area contributed by atoms with Crippen molar-refractivity contribution in [1.82, 2.24) is 10.2 Å². The van der Waals surface area contributed by atoms with Crippen molar-refractivity contribution < 1.29 is 23.7 Å². The molecule has 0 spiro atoms. The Bertz CT molecular complexity index is 1170. The molecule has 5 aliphatic rings. The van der Waals surface area contributed by atoms with Crippen LogP contribution in [0, 0.1) is 11.3 Å². The molecule has 0 bridgehead atoms. The number of carbonyl (C=O) groups excluding carboxylic acids is 1. The SMILES string of the molecule is COCC1CCCN1C(c1ccccc1OC)C1C=CC(NC(=O)C2(C3=CC4OCOC4C=C3)CC2)=NC1. The maximum absolute atomic E-state index is 13.4. The number of nitrogens with one attached hydrogen (secondary N) is 1. The van der Waals surface area contributed by atoms with Crippen molar-refractivity contribution >= 4 is 11.7 Å². The number of rotatable bonds is 8. The maximum atomic E-state index is 13.4. The van der Waals surface area contributed by atoms with Gasteiger partial charge in [-0.15, -0.1) is 0 Å². The monoisotopic (exact) mass is 519 g/mol. The number of amides is 1. The van der Waals surface area contributed by atoms with Gasteiger partial charge in [-0.25, -0.2) is 0 Å². The number of carbonyl (C=O) groups is 1. The molecule has 202 valence electrons. The highest BCUT2D eigenvalue weighted by atomic mass is 16.7. The van der Waals surface area contributed by atoms with E-state index >= 15 is 0 Å². The summed E-state index contributed by atoms with van der Waals surface area (Å²) in [6.45, 7) is 2.61. The molecule has 2 aliphatic carbocycles. The van der Waals surface area contributed by atoms with E-state index in [0.717, 1.165) is 43.6 Å². The second-order valence-corrected chi connectivity index (χ2v) is 10.8. The highest BCUT2D eigenvalue weighted by Gasteiger charge is 2.53. The fourth-order valence-electron chi connectivity index (χ4n) is 6.43. The van der Waals surface area contributed by atoms with Gasteiger partial charge in [0.05, 0.1) is 19.1 Å². The zero-order chi connectivity index (χ0) is 26.1. The summed E-state index contributed by atoms with van der Waals surface area (Å²) in [5.74, 6) is 1.68. The van der Waals surface area contributed by atoms with Gasteiger partial charge in [0.25, 0.3) is 0 Å². The highest BCUT2D eigenvalue weighted by Crippen LogP contribution is 2.54. The molecule has 1 N–H and O–H groups in total. The van der Waals surface area contributed by atoms with Crippen molar-refractivity contribution in [3.63, 3.8) is 0 Å². The molecule has 38 heavy (non-hydrogen) atoms. The van der Waals surface area contributed by atoms with E-state index in [1.54, 1.807) is 14.2 Å².